The molecule has 0 saturated carbocycles. The fourth-order valence-corrected chi connectivity index (χ4v) is 1.16. The van der Waals surface area contributed by atoms with E-state index in [1.807, 2.05) is 0 Å². The van der Waals surface area contributed by atoms with E-state index >= 15 is 0 Å². The Hall–Kier alpha value is -0.340. The van der Waals surface area contributed by atoms with Gasteiger partial charge in [0.15, 0.2) is 0 Å². The third-order valence-corrected chi connectivity index (χ3v) is 1.69. The molecule has 0 radical (unpaired) electrons. The Morgan fingerprint density at radius 2 is 2.50 bits per heavy atom. The Labute approximate surface area is 48.0 Å². The van der Waals surface area contributed by atoms with Gasteiger partial charge in [0.1, 0.15) is 6.10 Å². The van der Waals surface area contributed by atoms with Crippen molar-refractivity contribution in [3.8, 4) is 0 Å². The smallest absolute Gasteiger partial charge is 0.116 e. The maximum Gasteiger partial charge on any atom is 0.116 e. The fourth-order valence-electron chi connectivity index (χ4n) is 1.16. The van der Waals surface area contributed by atoms with E-state index in [9.17, 15) is 0 Å². The monoisotopic (exact) mass is 112 g/mol. The minimum Gasteiger partial charge on any atom is -0.236 e. The summed E-state index contributed by atoms with van der Waals surface area (Å²) in [5.41, 5.74) is 0. The minimum absolute atomic E-state index is 0.273. The van der Waals surface area contributed by atoms with Gasteiger partial charge in [-0.05, 0) is 6.42 Å². The molecular formula is C6H8O2. The summed E-state index contributed by atoms with van der Waals surface area (Å²) in [5.74, 6) is 0.620. The first-order valence-electron chi connectivity index (χ1n) is 2.92. The minimum atomic E-state index is 0.273. The second kappa shape index (κ2) is 1.57. The van der Waals surface area contributed by atoms with Gasteiger partial charge in [0.25, 0.3) is 0 Å². The Morgan fingerprint density at radius 3 is 3.38 bits per heavy atom. The molecule has 8 heavy (non-hydrogen) atoms. The van der Waals surface area contributed by atoms with Crippen LogP contribution in [0.1, 0.15) is 6.42 Å². The summed E-state index contributed by atoms with van der Waals surface area (Å²) in [5, 5.41) is 0. The summed E-state index contributed by atoms with van der Waals surface area (Å²) >= 11 is 0. The molecule has 2 nitrogen and oxygen atoms in total. The number of fused-ring (bicyclic) bond motifs is 1. The number of rotatable bonds is 0. The molecule has 44 valence electrons. The quantitative estimate of drug-likeness (QED) is 0.342. The molecule has 0 aromatic heterocycles. The second-order valence-electron chi connectivity index (χ2n) is 2.27. The molecule has 0 amide bonds. The summed E-state index contributed by atoms with van der Waals surface area (Å²) in [6, 6.07) is 0. The lowest BCUT2D eigenvalue weighted by atomic mass is 10.1. The molecule has 2 aliphatic rings. The SMILES string of the molecule is C1=CC2OOCC2C1. The average molecular weight is 112 g/mol. The molecular weight excluding hydrogens is 104 g/mol. The van der Waals surface area contributed by atoms with E-state index in [0.717, 1.165) is 13.0 Å². The zero-order valence-corrected chi connectivity index (χ0v) is 4.54. The summed E-state index contributed by atoms with van der Waals surface area (Å²) in [7, 11) is 0. The van der Waals surface area contributed by atoms with E-state index in [1.165, 1.54) is 0 Å². The second-order valence-corrected chi connectivity index (χ2v) is 2.27. The van der Waals surface area contributed by atoms with Crippen LogP contribution in [-0.2, 0) is 9.78 Å². The van der Waals surface area contributed by atoms with Gasteiger partial charge in [-0.15, -0.1) is 0 Å². The van der Waals surface area contributed by atoms with Crippen LogP contribution in [-0.4, -0.2) is 12.7 Å². The van der Waals surface area contributed by atoms with Gasteiger partial charge >= 0.3 is 0 Å². The Morgan fingerprint density at radius 1 is 1.50 bits per heavy atom. The van der Waals surface area contributed by atoms with Crippen LogP contribution in [0.5, 0.6) is 0 Å². The van der Waals surface area contributed by atoms with Gasteiger partial charge in [-0.3, -0.25) is 0 Å². The highest BCUT2D eigenvalue weighted by Crippen LogP contribution is 2.27. The zero-order chi connectivity index (χ0) is 5.40. The van der Waals surface area contributed by atoms with Crippen LogP contribution in [0.4, 0.5) is 0 Å². The first-order valence-corrected chi connectivity index (χ1v) is 2.92. The van der Waals surface area contributed by atoms with Gasteiger partial charge in [-0.25, -0.2) is 9.78 Å². The first-order chi connectivity index (χ1) is 3.97. The van der Waals surface area contributed by atoms with Crippen LogP contribution in [0.3, 0.4) is 0 Å². The molecule has 0 spiro atoms. The average Bonchev–Trinajstić information content (AvgIpc) is 2.15. The molecule has 1 aliphatic carbocycles. The van der Waals surface area contributed by atoms with Crippen molar-refractivity contribution in [1.29, 1.82) is 0 Å². The van der Waals surface area contributed by atoms with Crippen molar-refractivity contribution < 1.29 is 9.78 Å². The lowest BCUT2D eigenvalue weighted by Gasteiger charge is -1.98. The Bertz CT molecular complexity index is 120. The fraction of sp³-hybridized carbons (Fsp3) is 0.667. The Kier molecular flexibility index (Phi) is 0.889. The molecule has 2 rings (SSSR count). The molecule has 0 aromatic rings. The van der Waals surface area contributed by atoms with Gasteiger partial charge in [-0.1, -0.05) is 12.2 Å². The van der Waals surface area contributed by atoms with Crippen LogP contribution in [0.2, 0.25) is 0 Å². The van der Waals surface area contributed by atoms with Gasteiger partial charge in [0.05, 0.1) is 6.61 Å². The summed E-state index contributed by atoms with van der Waals surface area (Å²) < 4.78 is 0. The molecule has 1 saturated heterocycles. The molecule has 1 aliphatic heterocycles. The number of hydrogen-bond acceptors (Lipinski definition) is 2. The van der Waals surface area contributed by atoms with E-state index in [2.05, 4.69) is 12.2 Å². The Balaban J connectivity index is 2.13. The van der Waals surface area contributed by atoms with Gasteiger partial charge < -0.3 is 0 Å². The summed E-state index contributed by atoms with van der Waals surface area (Å²) in [6.45, 7) is 0.775. The molecule has 1 fully saturated rings. The first kappa shape index (κ1) is 4.53. The van der Waals surface area contributed by atoms with Crippen LogP contribution >= 0.6 is 0 Å². The molecule has 2 atom stereocenters. The van der Waals surface area contributed by atoms with Gasteiger partial charge in [0, 0.05) is 5.92 Å². The number of allylic oxidation sites excluding steroid dienone is 1. The van der Waals surface area contributed by atoms with Crippen molar-refractivity contribution in [2.75, 3.05) is 6.61 Å². The third-order valence-electron chi connectivity index (χ3n) is 1.69. The third kappa shape index (κ3) is 0.501. The summed E-state index contributed by atoms with van der Waals surface area (Å²) in [4.78, 5) is 9.65. The van der Waals surface area contributed by atoms with Crippen LogP contribution in [0, 0.1) is 5.92 Å². The molecule has 0 bridgehead atoms. The predicted octanol–water partition coefficient (Wildman–Crippen LogP) is 0.893. The van der Waals surface area contributed by atoms with E-state index < -0.39 is 0 Å². The van der Waals surface area contributed by atoms with E-state index in [4.69, 9.17) is 9.78 Å². The topological polar surface area (TPSA) is 18.5 Å². The van der Waals surface area contributed by atoms with Crippen LogP contribution < -0.4 is 0 Å². The van der Waals surface area contributed by atoms with Crippen molar-refractivity contribution in [3.63, 3.8) is 0 Å². The van der Waals surface area contributed by atoms with Crippen LogP contribution in [0.25, 0.3) is 0 Å². The van der Waals surface area contributed by atoms with Gasteiger partial charge in [0.2, 0.25) is 0 Å². The zero-order valence-electron chi connectivity index (χ0n) is 4.54. The van der Waals surface area contributed by atoms with E-state index in [0.29, 0.717) is 5.92 Å². The largest absolute Gasteiger partial charge is 0.236 e. The van der Waals surface area contributed by atoms with E-state index in [1.54, 1.807) is 0 Å². The molecule has 0 N–H and O–H groups in total. The summed E-state index contributed by atoms with van der Waals surface area (Å²) in [6.07, 6.45) is 5.62. The lowest BCUT2D eigenvalue weighted by molar-refractivity contribution is -0.264. The van der Waals surface area contributed by atoms with Crippen molar-refractivity contribution in [2.24, 2.45) is 5.92 Å². The van der Waals surface area contributed by atoms with Gasteiger partial charge in [-0.2, -0.15) is 0 Å². The predicted molar refractivity (Wildman–Crippen MR) is 28.1 cm³/mol. The van der Waals surface area contributed by atoms with Crippen molar-refractivity contribution >= 4 is 0 Å². The molecule has 1 heterocycles. The molecule has 2 unspecified atom stereocenters. The highest BCUT2D eigenvalue weighted by atomic mass is 17.2. The lowest BCUT2D eigenvalue weighted by Crippen LogP contribution is -2.07. The molecule has 0 aromatic carbocycles. The highest BCUT2D eigenvalue weighted by Gasteiger charge is 2.30. The highest BCUT2D eigenvalue weighted by molar-refractivity contribution is 5.03. The maximum atomic E-state index is 4.89. The van der Waals surface area contributed by atoms with Crippen molar-refractivity contribution in [3.05, 3.63) is 12.2 Å². The maximum absolute atomic E-state index is 4.89. The van der Waals surface area contributed by atoms with E-state index in [-0.39, 0.29) is 6.10 Å². The molecule has 2 heteroatoms. The number of hydrogen-bond donors (Lipinski definition) is 0. The standard InChI is InChI=1S/C6H8O2/c1-2-5-4-7-8-6(5)3-1/h1,3,5-6H,2,4H2. The van der Waals surface area contributed by atoms with Crippen LogP contribution in [0.15, 0.2) is 12.2 Å². The van der Waals surface area contributed by atoms with Crippen molar-refractivity contribution in [2.45, 2.75) is 12.5 Å². The normalized spacial score (nSPS) is 43.0. The van der Waals surface area contributed by atoms with Crippen molar-refractivity contribution in [1.82, 2.24) is 0 Å².